The Morgan fingerprint density at radius 3 is 2.70 bits per heavy atom. The molecule has 0 aliphatic carbocycles. The summed E-state index contributed by atoms with van der Waals surface area (Å²) in [7, 11) is 1.69. The van der Waals surface area contributed by atoms with Crippen LogP contribution in [0.15, 0.2) is 53.5 Å². The first-order valence-electron chi connectivity index (χ1n) is 6.59. The average molecular weight is 379 g/mol. The zero-order chi connectivity index (χ0) is 14.4. The first kappa shape index (κ1) is 15.0. The van der Waals surface area contributed by atoms with Crippen molar-refractivity contribution in [2.24, 2.45) is 4.99 Å². The van der Waals surface area contributed by atoms with Crippen molar-refractivity contribution in [2.45, 2.75) is 13.3 Å². The molecule has 2 nitrogen and oxygen atoms in total. The highest BCUT2D eigenvalue weighted by molar-refractivity contribution is 14.1. The highest BCUT2D eigenvalue weighted by Gasteiger charge is 2.01. The van der Waals surface area contributed by atoms with Crippen molar-refractivity contribution >= 4 is 28.3 Å². The van der Waals surface area contributed by atoms with Crippen molar-refractivity contribution in [1.82, 2.24) is 0 Å². The number of methoxy groups -OCH3 is 1. The molecular formula is C17H18INO. The van der Waals surface area contributed by atoms with Gasteiger partial charge in [0.05, 0.1) is 7.11 Å². The minimum Gasteiger partial charge on any atom is -0.497 e. The number of benzene rings is 2. The van der Waals surface area contributed by atoms with Crippen LogP contribution in [0.1, 0.15) is 18.1 Å². The molecule has 0 heterocycles. The predicted octanol–water partition coefficient (Wildman–Crippen LogP) is 4.35. The lowest BCUT2D eigenvalue weighted by Gasteiger charge is -2.05. The van der Waals surface area contributed by atoms with Crippen LogP contribution >= 0.6 is 22.6 Å². The van der Waals surface area contributed by atoms with Crippen LogP contribution in [0.5, 0.6) is 5.75 Å². The molecule has 0 unspecified atom stereocenters. The van der Waals surface area contributed by atoms with E-state index in [-0.39, 0.29) is 0 Å². The number of hydrogen-bond donors (Lipinski definition) is 0. The fourth-order valence-corrected chi connectivity index (χ4v) is 2.80. The van der Waals surface area contributed by atoms with E-state index in [0.29, 0.717) is 0 Å². The zero-order valence-electron chi connectivity index (χ0n) is 11.8. The Bertz CT molecular complexity index is 607. The van der Waals surface area contributed by atoms with E-state index < -0.39 is 0 Å². The van der Waals surface area contributed by atoms with E-state index in [1.807, 2.05) is 12.1 Å². The van der Waals surface area contributed by atoms with Gasteiger partial charge in [0.25, 0.3) is 0 Å². The minimum absolute atomic E-state index is 0.796. The number of ether oxygens (including phenoxy) is 1. The lowest BCUT2D eigenvalue weighted by atomic mass is 10.1. The molecule has 104 valence electrons. The maximum Gasteiger partial charge on any atom is 0.119 e. The summed E-state index contributed by atoms with van der Waals surface area (Å²) in [6.07, 6.45) is 0.929. The zero-order valence-corrected chi connectivity index (χ0v) is 13.9. The molecule has 2 rings (SSSR count). The van der Waals surface area contributed by atoms with Crippen molar-refractivity contribution in [3.8, 4) is 5.75 Å². The molecule has 0 aliphatic heterocycles. The summed E-state index contributed by atoms with van der Waals surface area (Å²) in [4.78, 5) is 4.68. The van der Waals surface area contributed by atoms with Crippen LogP contribution in [0.3, 0.4) is 0 Å². The topological polar surface area (TPSA) is 21.6 Å². The summed E-state index contributed by atoms with van der Waals surface area (Å²) >= 11 is 2.35. The van der Waals surface area contributed by atoms with Gasteiger partial charge in [-0.1, -0.05) is 30.3 Å². The summed E-state index contributed by atoms with van der Waals surface area (Å²) in [5.41, 5.74) is 3.57. The van der Waals surface area contributed by atoms with Crippen molar-refractivity contribution < 1.29 is 4.74 Å². The predicted molar refractivity (Wildman–Crippen MR) is 92.9 cm³/mol. The molecule has 0 fully saturated rings. The second kappa shape index (κ2) is 7.43. The number of halogens is 1. The van der Waals surface area contributed by atoms with Crippen molar-refractivity contribution in [3.05, 3.63) is 63.2 Å². The van der Waals surface area contributed by atoms with E-state index >= 15 is 0 Å². The van der Waals surface area contributed by atoms with E-state index in [2.05, 4.69) is 70.9 Å². The van der Waals surface area contributed by atoms with Crippen LogP contribution < -0.4 is 4.74 Å². The second-order valence-electron chi connectivity index (χ2n) is 4.55. The van der Waals surface area contributed by atoms with E-state index in [4.69, 9.17) is 4.74 Å². The molecule has 0 atom stereocenters. The molecule has 20 heavy (non-hydrogen) atoms. The highest BCUT2D eigenvalue weighted by atomic mass is 127. The highest BCUT2D eigenvalue weighted by Crippen LogP contribution is 2.14. The van der Waals surface area contributed by atoms with Gasteiger partial charge in [-0.3, -0.25) is 4.99 Å². The second-order valence-corrected chi connectivity index (χ2v) is 5.71. The van der Waals surface area contributed by atoms with Crippen LogP contribution in [0.2, 0.25) is 0 Å². The van der Waals surface area contributed by atoms with Gasteiger partial charge in [0, 0.05) is 21.4 Å². The summed E-state index contributed by atoms with van der Waals surface area (Å²) in [6.45, 7) is 2.87. The Morgan fingerprint density at radius 1 is 1.15 bits per heavy atom. The van der Waals surface area contributed by atoms with E-state index in [0.717, 1.165) is 24.4 Å². The summed E-state index contributed by atoms with van der Waals surface area (Å²) in [6, 6.07) is 16.5. The van der Waals surface area contributed by atoms with E-state index in [1.165, 1.54) is 14.7 Å². The van der Waals surface area contributed by atoms with Gasteiger partial charge in [-0.2, -0.15) is 0 Å². The Hall–Kier alpha value is -1.36. The first-order chi connectivity index (χ1) is 9.70. The Morgan fingerprint density at radius 2 is 1.95 bits per heavy atom. The van der Waals surface area contributed by atoms with Gasteiger partial charge in [0.2, 0.25) is 0 Å². The number of nitrogens with zero attached hydrogens (tertiary/aromatic N) is 1. The molecule has 0 radical (unpaired) electrons. The van der Waals surface area contributed by atoms with E-state index in [9.17, 15) is 0 Å². The molecule has 0 N–H and O–H groups in total. The number of rotatable bonds is 5. The number of hydrogen-bond acceptors (Lipinski definition) is 2. The lowest BCUT2D eigenvalue weighted by molar-refractivity contribution is 0.414. The van der Waals surface area contributed by atoms with Gasteiger partial charge >= 0.3 is 0 Å². The molecule has 2 aromatic carbocycles. The van der Waals surface area contributed by atoms with Crippen LogP contribution in [0, 0.1) is 3.57 Å². The van der Waals surface area contributed by atoms with Crippen molar-refractivity contribution in [3.63, 3.8) is 0 Å². The minimum atomic E-state index is 0.796. The van der Waals surface area contributed by atoms with Crippen LogP contribution in [-0.2, 0) is 6.42 Å². The van der Waals surface area contributed by atoms with Crippen molar-refractivity contribution in [1.29, 1.82) is 0 Å². The van der Waals surface area contributed by atoms with Crippen LogP contribution in [0.4, 0.5) is 0 Å². The summed E-state index contributed by atoms with van der Waals surface area (Å²) in [5, 5.41) is 0. The molecular weight excluding hydrogens is 361 g/mol. The molecule has 3 heteroatoms. The van der Waals surface area contributed by atoms with Gasteiger partial charge < -0.3 is 4.74 Å². The third kappa shape index (κ3) is 4.07. The fourth-order valence-electron chi connectivity index (χ4n) is 2.02. The van der Waals surface area contributed by atoms with Crippen LogP contribution in [-0.4, -0.2) is 19.4 Å². The third-order valence-corrected chi connectivity index (χ3v) is 4.09. The molecule has 0 spiro atoms. The molecule has 0 aliphatic rings. The third-order valence-electron chi connectivity index (χ3n) is 3.15. The maximum absolute atomic E-state index is 5.23. The molecule has 0 aromatic heterocycles. The fraction of sp³-hybridized carbons (Fsp3) is 0.235. The SMILES string of the molecule is COc1cccc(CCN=C(C)c2ccccc2I)c1. The molecule has 0 saturated heterocycles. The summed E-state index contributed by atoms with van der Waals surface area (Å²) < 4.78 is 6.47. The quantitative estimate of drug-likeness (QED) is 0.559. The molecule has 0 amide bonds. The standard InChI is InChI=1S/C17H18INO/c1-13(16-8-3-4-9-17(16)18)19-11-10-14-6-5-7-15(12-14)20-2/h3-9,12H,10-11H2,1-2H3. The van der Waals surface area contributed by atoms with Gasteiger partial charge in [0.15, 0.2) is 0 Å². The van der Waals surface area contributed by atoms with Gasteiger partial charge in [-0.15, -0.1) is 0 Å². The summed E-state index contributed by atoms with van der Waals surface area (Å²) in [5.74, 6) is 0.904. The lowest BCUT2D eigenvalue weighted by Crippen LogP contribution is -2.00. The largest absolute Gasteiger partial charge is 0.497 e. The first-order valence-corrected chi connectivity index (χ1v) is 7.67. The Balaban J connectivity index is 2.01. The van der Waals surface area contributed by atoms with Gasteiger partial charge in [-0.05, 0) is 59.7 Å². The monoisotopic (exact) mass is 379 g/mol. The molecule has 0 bridgehead atoms. The smallest absolute Gasteiger partial charge is 0.119 e. The van der Waals surface area contributed by atoms with E-state index in [1.54, 1.807) is 7.11 Å². The number of aliphatic imine (C=N–C) groups is 1. The molecule has 0 saturated carbocycles. The van der Waals surface area contributed by atoms with Gasteiger partial charge in [0.1, 0.15) is 5.75 Å². The maximum atomic E-state index is 5.23. The average Bonchev–Trinajstić information content (AvgIpc) is 2.48. The Labute approximate surface area is 134 Å². The Kier molecular flexibility index (Phi) is 5.59. The molecule has 2 aromatic rings. The van der Waals surface area contributed by atoms with Gasteiger partial charge in [-0.25, -0.2) is 0 Å². The normalized spacial score (nSPS) is 11.4. The van der Waals surface area contributed by atoms with Crippen LogP contribution in [0.25, 0.3) is 0 Å². The van der Waals surface area contributed by atoms with Crippen molar-refractivity contribution in [2.75, 3.05) is 13.7 Å².